The monoisotopic (exact) mass is 247 g/mol. The first-order valence-corrected chi connectivity index (χ1v) is 3.55. The highest BCUT2D eigenvalue weighted by Gasteiger charge is 1.93. The molecule has 0 aromatic heterocycles. The van der Waals surface area contributed by atoms with Crippen LogP contribution in [0.4, 0.5) is 0 Å². The van der Waals surface area contributed by atoms with E-state index in [1.54, 1.807) is 0 Å². The van der Waals surface area contributed by atoms with Crippen LogP contribution in [-0.4, -0.2) is 85.4 Å². The van der Waals surface area contributed by atoms with E-state index in [-0.39, 0.29) is 6.61 Å². The molecular weight excluding hydrogens is 230 g/mol. The molecule has 0 aliphatic carbocycles. The van der Waals surface area contributed by atoms with Crippen molar-refractivity contribution in [2.75, 3.05) is 13.2 Å². The van der Waals surface area contributed by atoms with Gasteiger partial charge in [-0.2, -0.15) is 0 Å². The van der Waals surface area contributed by atoms with Gasteiger partial charge < -0.3 is 56.1 Å². The normalized spacial score (nSPS) is 6.94. The van der Waals surface area contributed by atoms with Crippen LogP contribution >= 0.6 is 0 Å². The van der Waals surface area contributed by atoms with Crippen molar-refractivity contribution in [3.8, 4) is 0 Å². The van der Waals surface area contributed by atoms with Gasteiger partial charge in [0.2, 0.25) is 0 Å². The van der Waals surface area contributed by atoms with E-state index in [0.717, 1.165) is 0 Å². The van der Waals surface area contributed by atoms with E-state index >= 15 is 0 Å². The second-order valence-electron chi connectivity index (χ2n) is 1.55. The highest BCUT2D eigenvalue weighted by Crippen LogP contribution is 1.41. The first-order valence-electron chi connectivity index (χ1n) is 3.55. The summed E-state index contributed by atoms with van der Waals surface area (Å²) in [6.45, 7) is 0.472. The molecular formula is C2H16B3NO10. The average Bonchev–Trinajstić information content (AvgIpc) is 2.00. The van der Waals surface area contributed by atoms with Gasteiger partial charge in [-0.25, -0.2) is 0 Å². The van der Waals surface area contributed by atoms with Crippen molar-refractivity contribution < 1.29 is 50.3 Å². The zero-order valence-electron chi connectivity index (χ0n) is 8.20. The molecule has 0 aromatic rings. The fraction of sp³-hybridized carbons (Fsp3) is 1.00. The summed E-state index contributed by atoms with van der Waals surface area (Å²) in [5.74, 6) is 0. The van der Waals surface area contributed by atoms with Crippen molar-refractivity contribution in [2.45, 2.75) is 0 Å². The van der Waals surface area contributed by atoms with Crippen molar-refractivity contribution in [3.63, 3.8) is 0 Å². The zero-order chi connectivity index (χ0) is 14.1. The molecule has 0 spiro atoms. The maximum Gasteiger partial charge on any atom is 0.631 e. The average molecular weight is 247 g/mol. The lowest BCUT2D eigenvalue weighted by Crippen LogP contribution is -2.07. The fourth-order valence-electron chi connectivity index (χ4n) is 0. The van der Waals surface area contributed by atoms with E-state index in [9.17, 15) is 0 Å². The minimum absolute atomic E-state index is 0.0972. The molecule has 16 heavy (non-hydrogen) atoms. The molecule has 0 fully saturated rings. The third-order valence-corrected chi connectivity index (χ3v) is 0.129. The first-order chi connectivity index (χ1) is 7.11. The van der Waals surface area contributed by atoms with Gasteiger partial charge >= 0.3 is 22.0 Å². The molecule has 0 aliphatic heterocycles. The van der Waals surface area contributed by atoms with Crippen LogP contribution in [-0.2, 0) is 0 Å². The van der Waals surface area contributed by atoms with Gasteiger partial charge in [-0.3, -0.25) is 0 Å². The van der Waals surface area contributed by atoms with E-state index < -0.39 is 22.0 Å². The highest BCUT2D eigenvalue weighted by atomic mass is 16.5. The predicted octanol–water partition coefficient (Wildman–Crippen LogP) is -7.22. The molecule has 0 amide bonds. The molecule has 0 saturated heterocycles. The van der Waals surface area contributed by atoms with Crippen molar-refractivity contribution in [3.05, 3.63) is 0 Å². The van der Waals surface area contributed by atoms with Crippen LogP contribution in [0.5, 0.6) is 0 Å². The smallest absolute Gasteiger partial charge is 0.402 e. The summed E-state index contributed by atoms with van der Waals surface area (Å²) in [7, 11) is -6.50. The molecule has 0 atom stereocenters. The predicted molar refractivity (Wildman–Crippen MR) is 53.4 cm³/mol. The summed E-state index contributed by atoms with van der Waals surface area (Å²) in [4.78, 5) is 0. The molecule has 0 heterocycles. The quantitative estimate of drug-likeness (QED) is 0.195. The minimum atomic E-state index is -2.17. The van der Waals surface area contributed by atoms with E-state index in [2.05, 4.69) is 0 Å². The van der Waals surface area contributed by atoms with Gasteiger partial charge in [0.1, 0.15) is 0 Å². The second kappa shape index (κ2) is 24.1. The molecule has 12 N–H and O–H groups in total. The van der Waals surface area contributed by atoms with Gasteiger partial charge in [-0.05, 0) is 0 Å². The van der Waals surface area contributed by atoms with Crippen LogP contribution in [0.25, 0.3) is 0 Å². The van der Waals surface area contributed by atoms with E-state index in [0.29, 0.717) is 6.54 Å². The molecule has 0 bridgehead atoms. The SMILES string of the molecule is NCCO.OB(O)O.OB(O)O.OB(O)O. The van der Waals surface area contributed by atoms with Crippen LogP contribution in [0.3, 0.4) is 0 Å². The minimum Gasteiger partial charge on any atom is -0.402 e. The lowest BCUT2D eigenvalue weighted by atomic mass is 10.3. The van der Waals surface area contributed by atoms with Gasteiger partial charge in [0.25, 0.3) is 0 Å². The third-order valence-electron chi connectivity index (χ3n) is 0.129. The molecule has 0 rings (SSSR count). The van der Waals surface area contributed by atoms with Crippen molar-refractivity contribution >= 4 is 22.0 Å². The van der Waals surface area contributed by atoms with Crippen LogP contribution < -0.4 is 5.73 Å². The maximum atomic E-state index is 7.75. The first kappa shape index (κ1) is 24.8. The summed E-state index contributed by atoms with van der Waals surface area (Å²) in [5.41, 5.74) is 4.78. The van der Waals surface area contributed by atoms with E-state index in [1.165, 1.54) is 0 Å². The lowest BCUT2D eigenvalue weighted by Gasteiger charge is -1.71. The lowest BCUT2D eigenvalue weighted by molar-refractivity contribution is 0.276. The molecule has 0 unspecified atom stereocenters. The number of hydrogen-bond donors (Lipinski definition) is 11. The Morgan fingerprint density at radius 2 is 0.688 bits per heavy atom. The van der Waals surface area contributed by atoms with Gasteiger partial charge in [-0.15, -0.1) is 0 Å². The summed E-state index contributed by atoms with van der Waals surface area (Å²) < 4.78 is 0. The van der Waals surface area contributed by atoms with E-state index in [1.807, 2.05) is 0 Å². The summed E-state index contributed by atoms with van der Waals surface area (Å²) in [5, 5.41) is 72.2. The Morgan fingerprint density at radius 3 is 0.688 bits per heavy atom. The van der Waals surface area contributed by atoms with Crippen molar-refractivity contribution in [1.82, 2.24) is 0 Å². The zero-order valence-corrected chi connectivity index (χ0v) is 8.20. The Morgan fingerprint density at radius 1 is 0.625 bits per heavy atom. The Kier molecular flexibility index (Phi) is 37.4. The Hall–Kier alpha value is -0.245. The molecule has 0 saturated carbocycles. The van der Waals surface area contributed by atoms with Gasteiger partial charge in [0.05, 0.1) is 6.61 Å². The molecule has 0 aliphatic rings. The molecule has 14 heteroatoms. The molecule has 11 nitrogen and oxygen atoms in total. The summed E-state index contributed by atoms with van der Waals surface area (Å²) in [6, 6.07) is 0. The number of aliphatic hydroxyl groups excluding tert-OH is 1. The fourth-order valence-corrected chi connectivity index (χ4v) is 0. The third kappa shape index (κ3) is 3930. The largest absolute Gasteiger partial charge is 0.631 e. The van der Waals surface area contributed by atoms with Crippen molar-refractivity contribution in [1.29, 1.82) is 0 Å². The molecule has 98 valence electrons. The second-order valence-corrected chi connectivity index (χ2v) is 1.55. The maximum absolute atomic E-state index is 7.75. The van der Waals surface area contributed by atoms with Gasteiger partial charge in [0.15, 0.2) is 0 Å². The number of rotatable bonds is 1. The van der Waals surface area contributed by atoms with Crippen LogP contribution in [0.2, 0.25) is 0 Å². The Balaban J connectivity index is -0.0000000600. The number of nitrogens with two attached hydrogens (primary N) is 1. The van der Waals surface area contributed by atoms with Gasteiger partial charge in [0, 0.05) is 6.54 Å². The summed E-state index contributed by atoms with van der Waals surface area (Å²) >= 11 is 0. The molecule has 0 radical (unpaired) electrons. The van der Waals surface area contributed by atoms with Crippen LogP contribution in [0.15, 0.2) is 0 Å². The Bertz CT molecular complexity index is 69.6. The number of hydrogen-bond acceptors (Lipinski definition) is 11. The van der Waals surface area contributed by atoms with Crippen LogP contribution in [0, 0.1) is 0 Å². The van der Waals surface area contributed by atoms with Crippen LogP contribution in [0.1, 0.15) is 0 Å². The van der Waals surface area contributed by atoms with Gasteiger partial charge in [-0.1, -0.05) is 0 Å². The number of aliphatic hydroxyl groups is 1. The topological polar surface area (TPSA) is 228 Å². The highest BCUT2D eigenvalue weighted by molar-refractivity contribution is 6.31. The van der Waals surface area contributed by atoms with Crippen molar-refractivity contribution in [2.24, 2.45) is 5.73 Å². The Labute approximate surface area is 92.2 Å². The summed E-state index contributed by atoms with van der Waals surface area (Å²) in [6.07, 6.45) is 0. The molecule has 0 aromatic carbocycles. The standard InChI is InChI=1S/C2H7NO.3BH3O3/c3-1-2-4;3*2-1(3)4/h4H,1-3H2;3*2-4H. The van der Waals surface area contributed by atoms with E-state index in [4.69, 9.17) is 56.1 Å².